The van der Waals surface area contributed by atoms with Gasteiger partial charge in [-0.15, -0.1) is 0 Å². The van der Waals surface area contributed by atoms with E-state index < -0.39 is 0 Å². The lowest BCUT2D eigenvalue weighted by Gasteiger charge is -2.11. The van der Waals surface area contributed by atoms with Gasteiger partial charge < -0.3 is 25.9 Å². The van der Waals surface area contributed by atoms with Crippen LogP contribution in [0.1, 0.15) is 5.56 Å². The average Bonchev–Trinajstić information content (AvgIpc) is 2.56. The van der Waals surface area contributed by atoms with Gasteiger partial charge in [0, 0.05) is 11.5 Å². The van der Waals surface area contributed by atoms with Gasteiger partial charge in [0.2, 0.25) is 5.88 Å². The normalized spacial score (nSPS) is 10.5. The summed E-state index contributed by atoms with van der Waals surface area (Å²) >= 11 is 3.37. The van der Waals surface area contributed by atoms with E-state index >= 15 is 0 Å². The minimum atomic E-state index is -0.328. The number of nitrogens with one attached hydrogen (secondary N) is 2. The Bertz CT molecular complexity index is 768. The number of hydrogen-bond acceptors (Lipinski definition) is 7. The fraction of sp³-hybridized carbons (Fsp3) is 0.143. The van der Waals surface area contributed by atoms with Crippen molar-refractivity contribution in [3.63, 3.8) is 0 Å². The summed E-state index contributed by atoms with van der Waals surface area (Å²) in [6, 6.07) is 4.71. The number of aromatic nitrogens is 2. The van der Waals surface area contributed by atoms with Crippen LogP contribution in [0, 0.1) is 0 Å². The molecule has 1 aromatic carbocycles. The third-order valence-electron chi connectivity index (χ3n) is 2.80. The fourth-order valence-corrected chi connectivity index (χ4v) is 2.11. The molecule has 0 aliphatic rings. The number of anilines is 2. The van der Waals surface area contributed by atoms with Crippen LogP contribution in [0.2, 0.25) is 0 Å². The number of carbonyl (C=O) groups excluding carboxylic acids is 1. The number of urea groups is 1. The van der Waals surface area contributed by atoms with E-state index in [-0.39, 0.29) is 17.7 Å². The molecule has 0 saturated carbocycles. The highest BCUT2D eigenvalue weighted by Crippen LogP contribution is 2.31. The van der Waals surface area contributed by atoms with E-state index in [0.29, 0.717) is 21.5 Å². The van der Waals surface area contributed by atoms with Crippen LogP contribution in [-0.2, 0) is 4.84 Å². The van der Waals surface area contributed by atoms with Gasteiger partial charge in [-0.3, -0.25) is 0 Å². The van der Waals surface area contributed by atoms with Gasteiger partial charge in [-0.05, 0) is 34.1 Å². The molecule has 126 valence electrons. The molecule has 9 nitrogen and oxygen atoms in total. The predicted molar refractivity (Wildman–Crippen MR) is 93.3 cm³/mol. The third-order valence-corrected chi connectivity index (χ3v) is 3.45. The van der Waals surface area contributed by atoms with E-state index in [1.54, 1.807) is 18.2 Å². The number of benzene rings is 1. The highest BCUT2D eigenvalue weighted by Gasteiger charge is 2.12. The molecular formula is C14H15BrN6O3. The number of ether oxygens (including phenoxy) is 1. The molecular weight excluding hydrogens is 380 g/mol. The van der Waals surface area contributed by atoms with Crippen LogP contribution in [0.4, 0.5) is 16.3 Å². The monoisotopic (exact) mass is 394 g/mol. The second kappa shape index (κ2) is 8.11. The molecule has 2 aromatic rings. The molecule has 1 aromatic heterocycles. The maximum absolute atomic E-state index is 11.4. The minimum Gasteiger partial charge on any atom is -0.438 e. The van der Waals surface area contributed by atoms with Crippen molar-refractivity contribution in [2.45, 2.75) is 0 Å². The summed E-state index contributed by atoms with van der Waals surface area (Å²) in [5.74, 6) is 0.912. The molecule has 2 rings (SSSR count). The number of hydrogen-bond donors (Lipinski definition) is 3. The lowest BCUT2D eigenvalue weighted by Crippen LogP contribution is -2.24. The minimum absolute atomic E-state index is 0.206. The molecule has 0 unspecified atom stereocenters. The number of nitrogen functional groups attached to an aromatic ring is 1. The van der Waals surface area contributed by atoms with Crippen molar-refractivity contribution in [3.05, 3.63) is 34.6 Å². The summed E-state index contributed by atoms with van der Waals surface area (Å²) in [7, 11) is 2.94. The SMILES string of the molecule is CNC(=O)Nc1ccc(Oc2ncnc(N)c2/C=N/OC)cc1Br. The average molecular weight is 395 g/mol. The third kappa shape index (κ3) is 4.32. The van der Waals surface area contributed by atoms with Crippen molar-refractivity contribution in [1.29, 1.82) is 0 Å². The Morgan fingerprint density at radius 3 is 2.88 bits per heavy atom. The number of nitrogens with zero attached hydrogens (tertiary/aromatic N) is 3. The summed E-state index contributed by atoms with van der Waals surface area (Å²) in [6.07, 6.45) is 2.65. The van der Waals surface area contributed by atoms with Gasteiger partial charge in [-0.1, -0.05) is 5.16 Å². The summed E-state index contributed by atoms with van der Waals surface area (Å²) in [6.45, 7) is 0. The number of amides is 2. The molecule has 0 fully saturated rings. The highest BCUT2D eigenvalue weighted by atomic mass is 79.9. The maximum Gasteiger partial charge on any atom is 0.319 e. The molecule has 1 heterocycles. The van der Waals surface area contributed by atoms with Crippen molar-refractivity contribution in [2.75, 3.05) is 25.2 Å². The van der Waals surface area contributed by atoms with Crippen LogP contribution >= 0.6 is 15.9 Å². The van der Waals surface area contributed by atoms with Gasteiger partial charge in [0.1, 0.15) is 30.6 Å². The Morgan fingerprint density at radius 2 is 2.21 bits per heavy atom. The largest absolute Gasteiger partial charge is 0.438 e. The quantitative estimate of drug-likeness (QED) is 0.528. The van der Waals surface area contributed by atoms with Gasteiger partial charge in [0.05, 0.1) is 11.9 Å². The fourth-order valence-electron chi connectivity index (χ4n) is 1.66. The summed E-state index contributed by atoms with van der Waals surface area (Å²) in [5.41, 5.74) is 6.78. The molecule has 0 bridgehead atoms. The van der Waals surface area contributed by atoms with Crippen molar-refractivity contribution in [3.8, 4) is 11.6 Å². The highest BCUT2D eigenvalue weighted by molar-refractivity contribution is 9.10. The zero-order valence-electron chi connectivity index (χ0n) is 12.9. The Hall–Kier alpha value is -2.88. The van der Waals surface area contributed by atoms with Crippen molar-refractivity contribution < 1.29 is 14.4 Å². The predicted octanol–water partition coefficient (Wildman–Crippen LogP) is 2.35. The van der Waals surface area contributed by atoms with E-state index in [4.69, 9.17) is 10.5 Å². The smallest absolute Gasteiger partial charge is 0.319 e. The molecule has 0 radical (unpaired) electrons. The Labute approximate surface area is 146 Å². The lowest BCUT2D eigenvalue weighted by atomic mass is 10.3. The zero-order valence-corrected chi connectivity index (χ0v) is 14.5. The van der Waals surface area contributed by atoms with E-state index in [9.17, 15) is 4.79 Å². The molecule has 0 aliphatic carbocycles. The second-order valence-electron chi connectivity index (χ2n) is 4.34. The van der Waals surface area contributed by atoms with Crippen molar-refractivity contribution in [1.82, 2.24) is 15.3 Å². The zero-order chi connectivity index (χ0) is 17.5. The topological polar surface area (TPSA) is 124 Å². The lowest BCUT2D eigenvalue weighted by molar-refractivity contribution is 0.215. The maximum atomic E-state index is 11.4. The summed E-state index contributed by atoms with van der Waals surface area (Å²) in [4.78, 5) is 23.9. The first-order chi connectivity index (χ1) is 11.5. The van der Waals surface area contributed by atoms with Crippen molar-refractivity contribution >= 4 is 39.7 Å². The van der Waals surface area contributed by atoms with Crippen LogP contribution in [0.25, 0.3) is 0 Å². The van der Waals surface area contributed by atoms with Gasteiger partial charge in [-0.25, -0.2) is 14.8 Å². The van der Waals surface area contributed by atoms with Crippen LogP contribution in [-0.4, -0.2) is 36.4 Å². The first-order valence-corrected chi connectivity index (χ1v) is 7.47. The molecule has 10 heteroatoms. The Kier molecular flexibility index (Phi) is 5.90. The van der Waals surface area contributed by atoms with E-state index in [0.717, 1.165) is 0 Å². The standard InChI is InChI=1S/C14H15BrN6O3/c1-17-14(22)21-11-4-3-8(5-10(11)15)24-13-9(6-20-23-2)12(16)18-7-19-13/h3-7H,1-2H3,(H2,16,18,19)(H2,17,21,22)/b20-6+. The Morgan fingerprint density at radius 1 is 1.42 bits per heavy atom. The number of halogens is 1. The number of carbonyl (C=O) groups is 1. The molecule has 24 heavy (non-hydrogen) atoms. The first kappa shape index (κ1) is 17.5. The van der Waals surface area contributed by atoms with Gasteiger partial charge in [0.25, 0.3) is 0 Å². The summed E-state index contributed by atoms with van der Waals surface area (Å²) in [5, 5.41) is 8.78. The van der Waals surface area contributed by atoms with Crippen molar-refractivity contribution in [2.24, 2.45) is 5.16 Å². The number of oxime groups is 1. The van der Waals surface area contributed by atoms with Gasteiger partial charge >= 0.3 is 6.03 Å². The van der Waals surface area contributed by atoms with Gasteiger partial charge in [0.15, 0.2) is 0 Å². The van der Waals surface area contributed by atoms with Crippen LogP contribution in [0.3, 0.4) is 0 Å². The van der Waals surface area contributed by atoms with Crippen LogP contribution in [0.5, 0.6) is 11.6 Å². The summed E-state index contributed by atoms with van der Waals surface area (Å²) < 4.78 is 6.36. The Balaban J connectivity index is 2.26. The number of nitrogens with two attached hydrogens (primary N) is 1. The van der Waals surface area contributed by atoms with Crippen LogP contribution in [0.15, 0.2) is 34.2 Å². The molecule has 0 spiro atoms. The van der Waals surface area contributed by atoms with Gasteiger partial charge in [-0.2, -0.15) is 0 Å². The first-order valence-electron chi connectivity index (χ1n) is 6.68. The van der Waals surface area contributed by atoms with E-state index in [1.165, 1.54) is 26.7 Å². The van der Waals surface area contributed by atoms with E-state index in [2.05, 4.69) is 46.5 Å². The number of rotatable bonds is 5. The molecule has 0 saturated heterocycles. The van der Waals surface area contributed by atoms with E-state index in [1.807, 2.05) is 0 Å². The molecule has 0 atom stereocenters. The van der Waals surface area contributed by atoms with Crippen LogP contribution < -0.4 is 21.1 Å². The molecule has 2 amide bonds. The second-order valence-corrected chi connectivity index (χ2v) is 5.20. The molecule has 0 aliphatic heterocycles. The molecule has 4 N–H and O–H groups in total.